The number of hydrogen-bond acceptors (Lipinski definition) is 1. The summed E-state index contributed by atoms with van der Waals surface area (Å²) in [7, 11) is 0. The standard InChI is InChI=1S/C15H24O/c1-10-6-8-14(16)11(2)5-7-13-12(10)9-15(13,3)4/h12-14,16H,1-2,5-9H2,3-4H3/t12-,13-,14-/m1/s1. The van der Waals surface area contributed by atoms with Gasteiger partial charge in [0.25, 0.3) is 0 Å². The largest absolute Gasteiger partial charge is 0.389 e. The molecule has 2 aliphatic carbocycles. The Morgan fingerprint density at radius 1 is 1.12 bits per heavy atom. The van der Waals surface area contributed by atoms with Crippen LogP contribution in [0, 0.1) is 17.3 Å². The third kappa shape index (κ3) is 1.98. The molecule has 0 amide bonds. The van der Waals surface area contributed by atoms with Crippen molar-refractivity contribution in [2.45, 2.75) is 52.1 Å². The van der Waals surface area contributed by atoms with E-state index in [1.165, 1.54) is 18.4 Å². The van der Waals surface area contributed by atoms with Gasteiger partial charge >= 0.3 is 0 Å². The summed E-state index contributed by atoms with van der Waals surface area (Å²) in [6.07, 6.45) is 4.92. The second kappa shape index (κ2) is 4.03. The molecule has 0 heterocycles. The molecule has 0 spiro atoms. The van der Waals surface area contributed by atoms with Gasteiger partial charge in [-0.2, -0.15) is 0 Å². The first kappa shape index (κ1) is 11.9. The predicted molar refractivity (Wildman–Crippen MR) is 68.1 cm³/mol. The van der Waals surface area contributed by atoms with Gasteiger partial charge in [-0.15, -0.1) is 0 Å². The zero-order valence-corrected chi connectivity index (χ0v) is 10.6. The third-order valence-corrected chi connectivity index (χ3v) is 4.75. The third-order valence-electron chi connectivity index (χ3n) is 4.75. The molecule has 16 heavy (non-hydrogen) atoms. The maximum atomic E-state index is 9.91. The zero-order chi connectivity index (χ0) is 11.9. The van der Waals surface area contributed by atoms with Gasteiger partial charge in [0.1, 0.15) is 0 Å². The SMILES string of the molecule is C=C1CC[C@@H]2[C@H](CC2(C)C)C(=C)CC[C@H]1O. The molecule has 2 saturated carbocycles. The van der Waals surface area contributed by atoms with E-state index in [0.29, 0.717) is 11.3 Å². The lowest BCUT2D eigenvalue weighted by atomic mass is 9.52. The Hall–Kier alpha value is -0.560. The van der Waals surface area contributed by atoms with Crippen LogP contribution in [-0.4, -0.2) is 11.2 Å². The van der Waals surface area contributed by atoms with Crippen LogP contribution in [-0.2, 0) is 0 Å². The summed E-state index contributed by atoms with van der Waals surface area (Å²) in [4.78, 5) is 0. The number of aliphatic hydroxyl groups is 1. The Morgan fingerprint density at radius 3 is 2.38 bits per heavy atom. The van der Waals surface area contributed by atoms with Crippen molar-refractivity contribution in [3.8, 4) is 0 Å². The van der Waals surface area contributed by atoms with Crippen molar-refractivity contribution < 1.29 is 5.11 Å². The molecular formula is C15H24O. The second-order valence-electron chi connectivity index (χ2n) is 6.32. The minimum absolute atomic E-state index is 0.308. The molecule has 0 aromatic rings. The molecule has 2 aliphatic rings. The Balaban J connectivity index is 2.12. The lowest BCUT2D eigenvalue weighted by Crippen LogP contribution is -2.44. The highest BCUT2D eigenvalue weighted by molar-refractivity contribution is 5.16. The Labute approximate surface area is 99.3 Å². The fourth-order valence-electron chi connectivity index (χ4n) is 3.48. The summed E-state index contributed by atoms with van der Waals surface area (Å²) in [6, 6.07) is 0. The number of allylic oxidation sites excluding steroid dienone is 1. The topological polar surface area (TPSA) is 20.2 Å². The van der Waals surface area contributed by atoms with E-state index in [0.717, 1.165) is 30.8 Å². The summed E-state index contributed by atoms with van der Waals surface area (Å²) in [5.41, 5.74) is 2.85. The summed E-state index contributed by atoms with van der Waals surface area (Å²) in [5, 5.41) is 9.91. The van der Waals surface area contributed by atoms with Crippen LogP contribution >= 0.6 is 0 Å². The highest BCUT2D eigenvalue weighted by atomic mass is 16.3. The Bertz CT molecular complexity index is 313. The van der Waals surface area contributed by atoms with Crippen molar-refractivity contribution in [2.24, 2.45) is 17.3 Å². The van der Waals surface area contributed by atoms with Crippen LogP contribution < -0.4 is 0 Å². The summed E-state index contributed by atoms with van der Waals surface area (Å²) in [5.74, 6) is 1.45. The predicted octanol–water partition coefficient (Wildman–Crippen LogP) is 3.70. The second-order valence-corrected chi connectivity index (χ2v) is 6.32. The number of fused-ring (bicyclic) bond motifs is 1. The van der Waals surface area contributed by atoms with E-state index in [-0.39, 0.29) is 6.10 Å². The van der Waals surface area contributed by atoms with Crippen LogP contribution in [0.25, 0.3) is 0 Å². The van der Waals surface area contributed by atoms with E-state index in [1.807, 2.05) is 0 Å². The van der Waals surface area contributed by atoms with Crippen molar-refractivity contribution in [1.82, 2.24) is 0 Å². The molecule has 1 heteroatoms. The van der Waals surface area contributed by atoms with Gasteiger partial charge in [0, 0.05) is 0 Å². The minimum Gasteiger partial charge on any atom is -0.389 e. The molecule has 0 aromatic heterocycles. The molecule has 0 unspecified atom stereocenters. The number of rotatable bonds is 0. The number of hydrogen-bond donors (Lipinski definition) is 1. The molecule has 0 saturated heterocycles. The lowest BCUT2D eigenvalue weighted by Gasteiger charge is -2.53. The van der Waals surface area contributed by atoms with Gasteiger partial charge < -0.3 is 5.11 Å². The van der Waals surface area contributed by atoms with E-state index in [2.05, 4.69) is 27.0 Å². The first-order valence-corrected chi connectivity index (χ1v) is 6.45. The Kier molecular flexibility index (Phi) is 3.00. The molecule has 90 valence electrons. The van der Waals surface area contributed by atoms with Crippen molar-refractivity contribution in [3.05, 3.63) is 24.3 Å². The molecule has 3 atom stereocenters. The molecule has 1 N–H and O–H groups in total. The van der Waals surface area contributed by atoms with E-state index in [1.54, 1.807) is 0 Å². The monoisotopic (exact) mass is 220 g/mol. The van der Waals surface area contributed by atoms with Crippen LogP contribution in [0.5, 0.6) is 0 Å². The summed E-state index contributed by atoms with van der Waals surface area (Å²) >= 11 is 0. The minimum atomic E-state index is -0.308. The first-order valence-electron chi connectivity index (χ1n) is 6.45. The summed E-state index contributed by atoms with van der Waals surface area (Å²) < 4.78 is 0. The van der Waals surface area contributed by atoms with E-state index in [4.69, 9.17) is 0 Å². The van der Waals surface area contributed by atoms with Crippen molar-refractivity contribution >= 4 is 0 Å². The van der Waals surface area contributed by atoms with Gasteiger partial charge in [-0.1, -0.05) is 32.6 Å². The van der Waals surface area contributed by atoms with Crippen molar-refractivity contribution in [2.75, 3.05) is 0 Å². The molecule has 0 radical (unpaired) electrons. The molecular weight excluding hydrogens is 196 g/mol. The fourth-order valence-corrected chi connectivity index (χ4v) is 3.48. The maximum absolute atomic E-state index is 9.91. The molecule has 2 rings (SSSR count). The van der Waals surface area contributed by atoms with Gasteiger partial charge in [0.05, 0.1) is 6.10 Å². The van der Waals surface area contributed by atoms with Crippen LogP contribution in [0.1, 0.15) is 46.0 Å². The molecule has 0 bridgehead atoms. The smallest absolute Gasteiger partial charge is 0.0750 e. The molecule has 0 aliphatic heterocycles. The van der Waals surface area contributed by atoms with Crippen LogP contribution in [0.2, 0.25) is 0 Å². The van der Waals surface area contributed by atoms with Gasteiger partial charge in [-0.25, -0.2) is 0 Å². The van der Waals surface area contributed by atoms with Crippen molar-refractivity contribution in [3.63, 3.8) is 0 Å². The van der Waals surface area contributed by atoms with Gasteiger partial charge in [-0.3, -0.25) is 0 Å². The van der Waals surface area contributed by atoms with Gasteiger partial charge in [0.2, 0.25) is 0 Å². The average Bonchev–Trinajstić information content (AvgIpc) is 2.24. The molecule has 0 aromatic carbocycles. The van der Waals surface area contributed by atoms with E-state index in [9.17, 15) is 5.11 Å². The Morgan fingerprint density at radius 2 is 1.75 bits per heavy atom. The van der Waals surface area contributed by atoms with Crippen LogP contribution in [0.4, 0.5) is 0 Å². The van der Waals surface area contributed by atoms with Gasteiger partial charge in [0.15, 0.2) is 0 Å². The van der Waals surface area contributed by atoms with Crippen LogP contribution in [0.15, 0.2) is 24.3 Å². The highest BCUT2D eigenvalue weighted by Gasteiger charge is 2.47. The highest BCUT2D eigenvalue weighted by Crippen LogP contribution is 2.56. The molecule has 1 nitrogen and oxygen atoms in total. The normalized spacial score (nSPS) is 39.1. The molecule has 2 fully saturated rings. The lowest BCUT2D eigenvalue weighted by molar-refractivity contribution is 0.00409. The quantitative estimate of drug-likeness (QED) is 0.617. The van der Waals surface area contributed by atoms with Crippen molar-refractivity contribution in [1.29, 1.82) is 0 Å². The van der Waals surface area contributed by atoms with Gasteiger partial charge in [-0.05, 0) is 54.9 Å². The average molecular weight is 220 g/mol. The first-order chi connectivity index (χ1) is 7.42. The summed E-state index contributed by atoms with van der Waals surface area (Å²) in [6.45, 7) is 13.0. The maximum Gasteiger partial charge on any atom is 0.0750 e. The fraction of sp³-hybridized carbons (Fsp3) is 0.733. The van der Waals surface area contributed by atoms with E-state index >= 15 is 0 Å². The van der Waals surface area contributed by atoms with Crippen LogP contribution in [0.3, 0.4) is 0 Å². The van der Waals surface area contributed by atoms with E-state index < -0.39 is 0 Å². The zero-order valence-electron chi connectivity index (χ0n) is 10.6. The number of aliphatic hydroxyl groups excluding tert-OH is 1.